The first kappa shape index (κ1) is 19.6. The molecule has 0 fully saturated rings. The lowest BCUT2D eigenvalue weighted by Crippen LogP contribution is -2.29. The van der Waals surface area contributed by atoms with Crippen LogP contribution in [0, 0.1) is 5.82 Å². The predicted octanol–water partition coefficient (Wildman–Crippen LogP) is 4.04. The third kappa shape index (κ3) is 4.95. The Morgan fingerprint density at radius 1 is 0.929 bits per heavy atom. The van der Waals surface area contributed by atoms with Crippen LogP contribution < -0.4 is 9.62 Å². The molecule has 0 atom stereocenters. The Morgan fingerprint density at radius 3 is 2.11 bits per heavy atom. The lowest BCUT2D eigenvalue weighted by Gasteiger charge is -2.22. The van der Waals surface area contributed by atoms with E-state index in [0.29, 0.717) is 22.5 Å². The third-order valence-electron chi connectivity index (χ3n) is 4.09. The van der Waals surface area contributed by atoms with Gasteiger partial charge in [-0.1, -0.05) is 30.3 Å². The molecule has 7 heteroatoms. The summed E-state index contributed by atoms with van der Waals surface area (Å²) in [5.41, 5.74) is 2.15. The minimum absolute atomic E-state index is 0.0642. The molecule has 5 nitrogen and oxygen atoms in total. The number of sulfonamides is 1. The molecule has 3 aromatic carbocycles. The van der Waals surface area contributed by atoms with Crippen molar-refractivity contribution in [2.75, 3.05) is 15.9 Å². The van der Waals surface area contributed by atoms with Gasteiger partial charge in [0, 0.05) is 11.3 Å². The molecule has 0 heterocycles. The van der Waals surface area contributed by atoms with Crippen LogP contribution in [0.3, 0.4) is 0 Å². The number of nitrogens with one attached hydrogen (secondary N) is 1. The smallest absolute Gasteiger partial charge is 0.255 e. The molecule has 0 aliphatic heterocycles. The minimum atomic E-state index is -3.57. The number of carbonyl (C=O) groups excluding carboxylic acids is 1. The number of hydrogen-bond donors (Lipinski definition) is 1. The molecule has 0 unspecified atom stereocenters. The molecule has 0 aliphatic carbocycles. The first-order valence-electron chi connectivity index (χ1n) is 8.51. The highest BCUT2D eigenvalue weighted by Gasteiger charge is 2.18. The average molecular weight is 398 g/mol. The second-order valence-electron chi connectivity index (χ2n) is 6.26. The highest BCUT2D eigenvalue weighted by atomic mass is 32.2. The van der Waals surface area contributed by atoms with Crippen molar-refractivity contribution in [1.29, 1.82) is 0 Å². The summed E-state index contributed by atoms with van der Waals surface area (Å²) in [5.74, 6) is -0.675. The summed E-state index contributed by atoms with van der Waals surface area (Å²) < 4.78 is 38.8. The number of nitrogens with zero attached hydrogens (tertiary/aromatic N) is 1. The Morgan fingerprint density at radius 2 is 1.54 bits per heavy atom. The van der Waals surface area contributed by atoms with Crippen LogP contribution in [0.5, 0.6) is 0 Å². The molecule has 1 N–H and O–H groups in total. The Bertz CT molecular complexity index is 1050. The molecule has 0 saturated heterocycles. The molecule has 0 saturated carbocycles. The van der Waals surface area contributed by atoms with Crippen molar-refractivity contribution in [2.24, 2.45) is 0 Å². The fourth-order valence-corrected chi connectivity index (χ4v) is 3.55. The van der Waals surface area contributed by atoms with Gasteiger partial charge >= 0.3 is 0 Å². The first-order chi connectivity index (χ1) is 13.3. The molecule has 28 heavy (non-hydrogen) atoms. The average Bonchev–Trinajstić information content (AvgIpc) is 2.67. The van der Waals surface area contributed by atoms with E-state index in [1.54, 1.807) is 36.4 Å². The van der Waals surface area contributed by atoms with Gasteiger partial charge in [-0.25, -0.2) is 12.8 Å². The van der Waals surface area contributed by atoms with Gasteiger partial charge in [0.1, 0.15) is 5.82 Å². The quantitative estimate of drug-likeness (QED) is 0.681. The van der Waals surface area contributed by atoms with Crippen LogP contribution in [0.25, 0.3) is 0 Å². The number of rotatable bonds is 6. The van der Waals surface area contributed by atoms with Gasteiger partial charge in [0.2, 0.25) is 10.0 Å². The van der Waals surface area contributed by atoms with Crippen molar-refractivity contribution < 1.29 is 17.6 Å². The zero-order valence-electron chi connectivity index (χ0n) is 15.2. The van der Waals surface area contributed by atoms with Crippen LogP contribution in [0.15, 0.2) is 78.9 Å². The number of para-hydroxylation sites is 1. The summed E-state index contributed by atoms with van der Waals surface area (Å²) in [6, 6.07) is 21.0. The largest absolute Gasteiger partial charge is 0.322 e. The molecular weight excluding hydrogens is 379 g/mol. The first-order valence-corrected chi connectivity index (χ1v) is 10.4. The molecule has 0 spiro atoms. The molecule has 3 rings (SSSR count). The molecular formula is C21H19FN2O3S. The Labute approximate surface area is 163 Å². The van der Waals surface area contributed by atoms with Crippen molar-refractivity contribution in [3.63, 3.8) is 0 Å². The molecule has 144 valence electrons. The topological polar surface area (TPSA) is 66.5 Å². The summed E-state index contributed by atoms with van der Waals surface area (Å²) >= 11 is 0. The van der Waals surface area contributed by atoms with Crippen LogP contribution in [-0.2, 0) is 16.6 Å². The molecule has 1 amide bonds. The summed E-state index contributed by atoms with van der Waals surface area (Å²) in [7, 11) is -3.57. The number of hydrogen-bond acceptors (Lipinski definition) is 3. The molecule has 3 aromatic rings. The second-order valence-corrected chi connectivity index (χ2v) is 8.17. The van der Waals surface area contributed by atoms with Gasteiger partial charge < -0.3 is 5.32 Å². The van der Waals surface area contributed by atoms with Gasteiger partial charge in [0.15, 0.2) is 0 Å². The van der Waals surface area contributed by atoms with E-state index in [2.05, 4.69) is 5.32 Å². The summed E-state index contributed by atoms with van der Waals surface area (Å²) in [6.45, 7) is 0.0642. The SMILES string of the molecule is CS(=O)(=O)N(Cc1ccc(F)cc1)c1ccc(C(=O)Nc2ccccc2)cc1. The van der Waals surface area contributed by atoms with Gasteiger partial charge in [-0.2, -0.15) is 0 Å². The van der Waals surface area contributed by atoms with E-state index in [4.69, 9.17) is 0 Å². The van der Waals surface area contributed by atoms with E-state index in [1.807, 2.05) is 18.2 Å². The summed E-state index contributed by atoms with van der Waals surface area (Å²) in [6.07, 6.45) is 1.10. The standard InChI is InChI=1S/C21H19FN2O3S/c1-28(26,27)24(15-16-7-11-18(22)12-8-16)20-13-9-17(10-14-20)21(25)23-19-5-3-2-4-6-19/h2-14H,15H2,1H3,(H,23,25). The molecule has 0 aromatic heterocycles. The minimum Gasteiger partial charge on any atom is -0.322 e. The van der Waals surface area contributed by atoms with Crippen LogP contribution >= 0.6 is 0 Å². The number of halogens is 1. The van der Waals surface area contributed by atoms with Crippen LogP contribution in [0.2, 0.25) is 0 Å². The number of benzene rings is 3. The van der Waals surface area contributed by atoms with Gasteiger partial charge in [0.25, 0.3) is 5.91 Å². The molecule has 0 radical (unpaired) electrons. The fourth-order valence-electron chi connectivity index (χ4n) is 2.66. The maximum absolute atomic E-state index is 13.1. The van der Waals surface area contributed by atoms with Gasteiger partial charge in [0.05, 0.1) is 18.5 Å². The summed E-state index contributed by atoms with van der Waals surface area (Å²) in [4.78, 5) is 12.3. The molecule has 0 aliphatic rings. The Hall–Kier alpha value is -3.19. The number of amides is 1. The van der Waals surface area contributed by atoms with E-state index in [-0.39, 0.29) is 18.3 Å². The van der Waals surface area contributed by atoms with Crippen molar-refractivity contribution in [1.82, 2.24) is 0 Å². The van der Waals surface area contributed by atoms with E-state index in [1.165, 1.54) is 28.6 Å². The van der Waals surface area contributed by atoms with E-state index >= 15 is 0 Å². The van der Waals surface area contributed by atoms with Crippen molar-refractivity contribution in [3.8, 4) is 0 Å². The normalized spacial score (nSPS) is 11.1. The zero-order valence-corrected chi connectivity index (χ0v) is 16.0. The molecule has 0 bridgehead atoms. The zero-order chi connectivity index (χ0) is 20.1. The number of carbonyl (C=O) groups is 1. The van der Waals surface area contributed by atoms with Gasteiger partial charge in [-0.05, 0) is 54.1 Å². The summed E-state index contributed by atoms with van der Waals surface area (Å²) in [5, 5.41) is 2.78. The second kappa shape index (κ2) is 8.22. The lowest BCUT2D eigenvalue weighted by molar-refractivity contribution is 0.102. The van der Waals surface area contributed by atoms with E-state index in [0.717, 1.165) is 6.26 Å². The Balaban J connectivity index is 1.80. The van der Waals surface area contributed by atoms with Gasteiger partial charge in [-0.15, -0.1) is 0 Å². The van der Waals surface area contributed by atoms with Crippen molar-refractivity contribution in [2.45, 2.75) is 6.54 Å². The number of anilines is 2. The highest BCUT2D eigenvalue weighted by Crippen LogP contribution is 2.22. The van der Waals surface area contributed by atoms with E-state index < -0.39 is 10.0 Å². The predicted molar refractivity (Wildman–Crippen MR) is 108 cm³/mol. The lowest BCUT2D eigenvalue weighted by atomic mass is 10.1. The monoisotopic (exact) mass is 398 g/mol. The Kier molecular flexibility index (Phi) is 5.75. The fraction of sp³-hybridized carbons (Fsp3) is 0.0952. The maximum atomic E-state index is 13.1. The maximum Gasteiger partial charge on any atom is 0.255 e. The third-order valence-corrected chi connectivity index (χ3v) is 5.23. The van der Waals surface area contributed by atoms with Gasteiger partial charge in [-0.3, -0.25) is 9.10 Å². The van der Waals surface area contributed by atoms with Crippen molar-refractivity contribution >= 4 is 27.3 Å². The van der Waals surface area contributed by atoms with Crippen LogP contribution in [0.1, 0.15) is 15.9 Å². The van der Waals surface area contributed by atoms with Crippen LogP contribution in [0.4, 0.5) is 15.8 Å². The van der Waals surface area contributed by atoms with Crippen molar-refractivity contribution in [3.05, 3.63) is 95.8 Å². The van der Waals surface area contributed by atoms with Crippen LogP contribution in [-0.4, -0.2) is 20.6 Å². The highest BCUT2D eigenvalue weighted by molar-refractivity contribution is 7.92. The van der Waals surface area contributed by atoms with E-state index in [9.17, 15) is 17.6 Å².